The van der Waals surface area contributed by atoms with Gasteiger partial charge in [0.1, 0.15) is 5.82 Å². The predicted octanol–water partition coefficient (Wildman–Crippen LogP) is 0.649. The fourth-order valence-electron chi connectivity index (χ4n) is 3.03. The number of amides is 2. The molecule has 0 radical (unpaired) electrons. The second-order valence-corrected chi connectivity index (χ2v) is 8.39. The summed E-state index contributed by atoms with van der Waals surface area (Å²) in [7, 11) is -3.08. The van der Waals surface area contributed by atoms with Gasteiger partial charge in [-0.05, 0) is 31.5 Å². The van der Waals surface area contributed by atoms with Crippen LogP contribution in [-0.2, 0) is 14.6 Å². The Morgan fingerprint density at radius 2 is 2.12 bits per heavy atom. The summed E-state index contributed by atoms with van der Waals surface area (Å²) < 4.78 is 36.2. The number of halogens is 1. The average Bonchev–Trinajstić information content (AvgIpc) is 3.03. The molecule has 0 saturated carbocycles. The summed E-state index contributed by atoms with van der Waals surface area (Å²) in [5.74, 6) is -1.43. The highest BCUT2D eigenvalue weighted by atomic mass is 32.2. The number of nitrogens with one attached hydrogen (secondary N) is 3. The fourth-order valence-corrected chi connectivity index (χ4v) is 4.70. The van der Waals surface area contributed by atoms with Gasteiger partial charge in [0.05, 0.1) is 23.6 Å². The first kappa shape index (κ1) is 17.4. The molecular weight excluding hydrogens is 349 g/mol. The van der Waals surface area contributed by atoms with E-state index in [4.69, 9.17) is 0 Å². The molecule has 2 aromatic rings. The van der Waals surface area contributed by atoms with E-state index in [0.717, 1.165) is 0 Å². The van der Waals surface area contributed by atoms with Gasteiger partial charge in [-0.25, -0.2) is 12.8 Å². The van der Waals surface area contributed by atoms with Gasteiger partial charge in [0.25, 0.3) is 5.91 Å². The van der Waals surface area contributed by atoms with Crippen molar-refractivity contribution in [2.24, 2.45) is 0 Å². The quantitative estimate of drug-likeness (QED) is 0.737. The molecule has 0 bridgehead atoms. The second kappa shape index (κ2) is 6.47. The molecule has 1 aromatic carbocycles. The zero-order chi connectivity index (χ0) is 18.2. The molecule has 1 unspecified atom stereocenters. The Labute approximate surface area is 143 Å². The molecule has 1 aliphatic rings. The van der Waals surface area contributed by atoms with Gasteiger partial charge in [0.2, 0.25) is 5.91 Å². The van der Waals surface area contributed by atoms with Crippen LogP contribution in [0.25, 0.3) is 10.9 Å². The second-order valence-electron chi connectivity index (χ2n) is 6.17. The van der Waals surface area contributed by atoms with Crippen molar-refractivity contribution in [3.8, 4) is 0 Å². The maximum Gasteiger partial charge on any atom is 0.254 e. The lowest BCUT2D eigenvalue weighted by atomic mass is 10.1. The van der Waals surface area contributed by atoms with Crippen LogP contribution in [0, 0.1) is 12.7 Å². The van der Waals surface area contributed by atoms with Crippen molar-refractivity contribution < 1.29 is 22.4 Å². The molecule has 7 nitrogen and oxygen atoms in total. The number of fused-ring (bicyclic) bond motifs is 1. The van der Waals surface area contributed by atoms with E-state index in [9.17, 15) is 22.4 Å². The molecular formula is C16H18FN3O4S. The maximum atomic E-state index is 13.4. The molecule has 1 atom stereocenters. The highest BCUT2D eigenvalue weighted by Gasteiger charge is 2.29. The Hall–Kier alpha value is -2.42. The SMILES string of the molecule is Cc1[nH]c2ccc(F)cc2c1C(=O)NCC(=O)NC1CCS(=O)(=O)C1. The summed E-state index contributed by atoms with van der Waals surface area (Å²) in [6.07, 6.45) is 0.378. The third-order valence-electron chi connectivity index (χ3n) is 4.18. The van der Waals surface area contributed by atoms with Crippen molar-refractivity contribution >= 4 is 32.6 Å². The van der Waals surface area contributed by atoms with Gasteiger partial charge in [0, 0.05) is 22.6 Å². The molecule has 3 N–H and O–H groups in total. The molecule has 0 aliphatic carbocycles. The summed E-state index contributed by atoms with van der Waals surface area (Å²) in [5, 5.41) is 5.53. The molecule has 1 fully saturated rings. The van der Waals surface area contributed by atoms with Gasteiger partial charge < -0.3 is 15.6 Å². The van der Waals surface area contributed by atoms with Crippen molar-refractivity contribution in [3.05, 3.63) is 35.3 Å². The molecule has 25 heavy (non-hydrogen) atoms. The first-order valence-corrected chi connectivity index (χ1v) is 9.63. The Kier molecular flexibility index (Phi) is 4.51. The normalized spacial score (nSPS) is 19.0. The number of aryl methyl sites for hydroxylation is 1. The number of sulfone groups is 1. The van der Waals surface area contributed by atoms with Crippen LogP contribution in [0.5, 0.6) is 0 Å². The maximum absolute atomic E-state index is 13.4. The van der Waals surface area contributed by atoms with E-state index in [0.29, 0.717) is 23.0 Å². The van der Waals surface area contributed by atoms with Crippen LogP contribution in [0.3, 0.4) is 0 Å². The van der Waals surface area contributed by atoms with E-state index < -0.39 is 33.5 Å². The van der Waals surface area contributed by atoms with Gasteiger partial charge in [-0.2, -0.15) is 0 Å². The van der Waals surface area contributed by atoms with Crippen molar-refractivity contribution in [1.82, 2.24) is 15.6 Å². The number of aromatic nitrogens is 1. The number of carbonyl (C=O) groups is 2. The lowest BCUT2D eigenvalue weighted by Crippen LogP contribution is -2.42. The lowest BCUT2D eigenvalue weighted by molar-refractivity contribution is -0.120. The third kappa shape index (κ3) is 3.81. The van der Waals surface area contributed by atoms with E-state index in [2.05, 4.69) is 15.6 Å². The molecule has 1 saturated heterocycles. The molecule has 134 valence electrons. The minimum atomic E-state index is -3.08. The first-order chi connectivity index (χ1) is 11.7. The number of rotatable bonds is 4. The minimum Gasteiger partial charge on any atom is -0.358 e. The highest BCUT2D eigenvalue weighted by molar-refractivity contribution is 7.91. The Morgan fingerprint density at radius 3 is 2.80 bits per heavy atom. The van der Waals surface area contributed by atoms with Crippen molar-refractivity contribution in [2.75, 3.05) is 18.1 Å². The average molecular weight is 367 g/mol. The number of aromatic amines is 1. The van der Waals surface area contributed by atoms with Crippen molar-refractivity contribution in [1.29, 1.82) is 0 Å². The molecule has 3 rings (SSSR count). The highest BCUT2D eigenvalue weighted by Crippen LogP contribution is 2.22. The summed E-state index contributed by atoms with van der Waals surface area (Å²) in [6, 6.07) is 3.68. The monoisotopic (exact) mass is 367 g/mol. The third-order valence-corrected chi connectivity index (χ3v) is 5.95. The number of hydrogen-bond acceptors (Lipinski definition) is 4. The van der Waals surface area contributed by atoms with Crippen LogP contribution in [-0.4, -0.2) is 49.3 Å². The van der Waals surface area contributed by atoms with E-state index >= 15 is 0 Å². The van der Waals surface area contributed by atoms with Gasteiger partial charge >= 0.3 is 0 Å². The first-order valence-electron chi connectivity index (χ1n) is 7.81. The Balaban J connectivity index is 1.64. The van der Waals surface area contributed by atoms with Crippen LogP contribution in [0.2, 0.25) is 0 Å². The number of carbonyl (C=O) groups excluding carboxylic acids is 2. The molecule has 2 heterocycles. The molecule has 1 aromatic heterocycles. The molecule has 0 spiro atoms. The van der Waals surface area contributed by atoms with Gasteiger partial charge in [0.15, 0.2) is 9.84 Å². The van der Waals surface area contributed by atoms with Crippen molar-refractivity contribution in [3.63, 3.8) is 0 Å². The largest absolute Gasteiger partial charge is 0.358 e. The summed E-state index contributed by atoms with van der Waals surface area (Å²) in [5.41, 5.74) is 1.48. The van der Waals surface area contributed by atoms with Crippen molar-refractivity contribution in [2.45, 2.75) is 19.4 Å². The van der Waals surface area contributed by atoms with E-state index in [-0.39, 0.29) is 23.6 Å². The Morgan fingerprint density at radius 1 is 1.36 bits per heavy atom. The smallest absolute Gasteiger partial charge is 0.254 e. The Bertz CT molecular complexity index is 952. The topological polar surface area (TPSA) is 108 Å². The zero-order valence-electron chi connectivity index (χ0n) is 13.6. The van der Waals surface area contributed by atoms with Crippen LogP contribution < -0.4 is 10.6 Å². The molecule has 1 aliphatic heterocycles. The van der Waals surface area contributed by atoms with Crippen LogP contribution >= 0.6 is 0 Å². The predicted molar refractivity (Wildman–Crippen MR) is 90.5 cm³/mol. The van der Waals surface area contributed by atoms with Crippen LogP contribution in [0.4, 0.5) is 4.39 Å². The fraction of sp³-hybridized carbons (Fsp3) is 0.375. The van der Waals surface area contributed by atoms with Gasteiger partial charge in [-0.3, -0.25) is 9.59 Å². The summed E-state index contributed by atoms with van der Waals surface area (Å²) >= 11 is 0. The number of H-pyrrole nitrogens is 1. The summed E-state index contributed by atoms with van der Waals surface area (Å²) in [6.45, 7) is 1.41. The molecule has 2 amide bonds. The van der Waals surface area contributed by atoms with E-state index in [1.807, 2.05) is 0 Å². The standard InChI is InChI=1S/C16H18FN3O4S/c1-9-15(12-6-10(17)2-3-13(12)19-9)16(22)18-7-14(21)20-11-4-5-25(23,24)8-11/h2-3,6,11,19H,4-5,7-8H2,1H3,(H,18,22)(H,20,21). The van der Waals surface area contributed by atoms with Gasteiger partial charge in [-0.15, -0.1) is 0 Å². The number of hydrogen-bond donors (Lipinski definition) is 3. The minimum absolute atomic E-state index is 0.0599. The van der Waals surface area contributed by atoms with E-state index in [1.165, 1.54) is 12.1 Å². The zero-order valence-corrected chi connectivity index (χ0v) is 14.4. The van der Waals surface area contributed by atoms with Crippen LogP contribution in [0.1, 0.15) is 22.5 Å². The number of benzene rings is 1. The van der Waals surface area contributed by atoms with Gasteiger partial charge in [-0.1, -0.05) is 0 Å². The molecule has 9 heteroatoms. The van der Waals surface area contributed by atoms with E-state index in [1.54, 1.807) is 13.0 Å². The van der Waals surface area contributed by atoms with Crippen LogP contribution in [0.15, 0.2) is 18.2 Å². The lowest BCUT2D eigenvalue weighted by Gasteiger charge is -2.11. The summed E-state index contributed by atoms with van der Waals surface area (Å²) in [4.78, 5) is 27.3.